The van der Waals surface area contributed by atoms with Crippen LogP contribution in [-0.2, 0) is 4.74 Å². The van der Waals surface area contributed by atoms with Crippen LogP contribution in [0, 0.1) is 11.3 Å². The molecule has 1 aromatic heterocycles. The van der Waals surface area contributed by atoms with Crippen LogP contribution in [0.2, 0.25) is 0 Å². The smallest absolute Gasteiger partial charge is 0.160 e. The molecule has 0 spiro atoms. The fraction of sp³-hybridized carbons (Fsp3) is 0.250. The van der Waals surface area contributed by atoms with Crippen LogP contribution < -0.4 is 10.7 Å². The summed E-state index contributed by atoms with van der Waals surface area (Å²) < 4.78 is 5.32. The highest BCUT2D eigenvalue weighted by Gasteiger charge is 2.15. The van der Waals surface area contributed by atoms with Crippen molar-refractivity contribution in [3.63, 3.8) is 0 Å². The molecule has 1 aromatic carbocycles. The normalized spacial score (nSPS) is 15.0. The number of morpholine rings is 1. The molecule has 0 radical (unpaired) electrons. The van der Waals surface area contributed by atoms with Gasteiger partial charge in [-0.05, 0) is 18.2 Å². The highest BCUT2D eigenvalue weighted by molar-refractivity contribution is 5.72. The second-order valence-corrected chi connectivity index (χ2v) is 4.90. The summed E-state index contributed by atoms with van der Waals surface area (Å²) >= 11 is 0. The van der Waals surface area contributed by atoms with Crippen molar-refractivity contribution < 1.29 is 4.74 Å². The van der Waals surface area contributed by atoms with E-state index in [9.17, 15) is 5.26 Å². The van der Waals surface area contributed by atoms with Gasteiger partial charge in [-0.2, -0.15) is 5.26 Å². The second kappa shape index (κ2) is 6.89. The van der Waals surface area contributed by atoms with Crippen molar-refractivity contribution in [2.75, 3.05) is 37.0 Å². The average Bonchev–Trinajstić information content (AvgIpc) is 2.57. The summed E-state index contributed by atoms with van der Waals surface area (Å²) in [7, 11) is 0. The Kier molecular flexibility index (Phi) is 4.49. The number of nitrogens with one attached hydrogen (secondary N) is 2. The van der Waals surface area contributed by atoms with Crippen molar-refractivity contribution >= 4 is 17.2 Å². The third-order valence-electron chi connectivity index (χ3n) is 3.39. The maximum atomic E-state index is 9.49. The predicted octanol–water partition coefficient (Wildman–Crippen LogP) is 2.36. The lowest BCUT2D eigenvalue weighted by Gasteiger charge is -2.28. The molecule has 0 unspecified atom stereocenters. The molecule has 2 N–H and O–H groups in total. The first-order chi connectivity index (χ1) is 10.9. The molecule has 6 nitrogen and oxygen atoms in total. The van der Waals surface area contributed by atoms with Gasteiger partial charge in [-0.25, -0.2) is 9.99 Å². The Morgan fingerprint density at radius 3 is 2.64 bits per heavy atom. The summed E-state index contributed by atoms with van der Waals surface area (Å²) in [6, 6.07) is 13.8. The van der Waals surface area contributed by atoms with Crippen LogP contribution in [0.15, 0.2) is 42.6 Å². The number of para-hydroxylation sites is 1. The molecule has 1 aliphatic heterocycles. The minimum Gasteiger partial charge on any atom is -0.379 e. The van der Waals surface area contributed by atoms with Crippen molar-refractivity contribution in [3.05, 3.63) is 48.2 Å². The van der Waals surface area contributed by atoms with Crippen molar-refractivity contribution in [1.82, 2.24) is 9.99 Å². The molecule has 0 aliphatic carbocycles. The first kappa shape index (κ1) is 14.3. The van der Waals surface area contributed by atoms with E-state index in [1.807, 2.05) is 35.3 Å². The third kappa shape index (κ3) is 3.34. The van der Waals surface area contributed by atoms with E-state index >= 15 is 0 Å². The van der Waals surface area contributed by atoms with Crippen molar-refractivity contribution in [2.24, 2.45) is 0 Å². The molecule has 1 saturated heterocycles. The van der Waals surface area contributed by atoms with E-state index in [1.54, 1.807) is 12.3 Å². The number of anilines is 3. The summed E-state index contributed by atoms with van der Waals surface area (Å²) in [6.45, 7) is 2.89. The third-order valence-corrected chi connectivity index (χ3v) is 3.39. The van der Waals surface area contributed by atoms with Gasteiger partial charge in [0.2, 0.25) is 0 Å². The van der Waals surface area contributed by atoms with Crippen LogP contribution in [0.4, 0.5) is 17.2 Å². The minimum atomic E-state index is 0.498. The van der Waals surface area contributed by atoms with Gasteiger partial charge in [-0.1, -0.05) is 18.2 Å². The molecule has 0 saturated carbocycles. The zero-order valence-corrected chi connectivity index (χ0v) is 12.1. The molecule has 2 aromatic rings. The molecule has 6 heteroatoms. The van der Waals surface area contributed by atoms with Gasteiger partial charge in [0.1, 0.15) is 11.6 Å². The van der Waals surface area contributed by atoms with E-state index in [1.165, 1.54) is 0 Å². The van der Waals surface area contributed by atoms with Gasteiger partial charge in [-0.3, -0.25) is 0 Å². The number of hydrogen-bond donors (Lipinski definition) is 2. The zero-order valence-electron chi connectivity index (χ0n) is 12.1. The molecule has 22 heavy (non-hydrogen) atoms. The van der Waals surface area contributed by atoms with Gasteiger partial charge >= 0.3 is 0 Å². The van der Waals surface area contributed by atoms with Crippen LogP contribution in [0.25, 0.3) is 0 Å². The maximum Gasteiger partial charge on any atom is 0.160 e. The van der Waals surface area contributed by atoms with Crippen LogP contribution in [-0.4, -0.2) is 36.3 Å². The van der Waals surface area contributed by atoms with Crippen LogP contribution in [0.5, 0.6) is 0 Å². The van der Waals surface area contributed by atoms with E-state index in [2.05, 4.69) is 21.8 Å². The number of aromatic nitrogens is 1. The Balaban J connectivity index is 1.82. The molecule has 0 amide bonds. The lowest BCUT2D eigenvalue weighted by Crippen LogP contribution is -2.40. The second-order valence-electron chi connectivity index (χ2n) is 4.90. The van der Waals surface area contributed by atoms with Gasteiger partial charge in [-0.15, -0.1) is 0 Å². The number of nitriles is 1. The minimum absolute atomic E-state index is 0.498. The topological polar surface area (TPSA) is 73.2 Å². The van der Waals surface area contributed by atoms with E-state index in [4.69, 9.17) is 4.74 Å². The SMILES string of the molecule is N#Cc1c(Nc2ccccc2)ccnc1NN1CCOCC1. The van der Waals surface area contributed by atoms with Crippen molar-refractivity contribution in [1.29, 1.82) is 5.26 Å². The largest absolute Gasteiger partial charge is 0.379 e. The van der Waals surface area contributed by atoms with Gasteiger partial charge in [0.25, 0.3) is 0 Å². The van der Waals surface area contributed by atoms with Crippen molar-refractivity contribution in [2.45, 2.75) is 0 Å². The molecular formula is C16H17N5O. The van der Waals surface area contributed by atoms with E-state index in [-0.39, 0.29) is 0 Å². The lowest BCUT2D eigenvalue weighted by molar-refractivity contribution is 0.0495. The number of benzene rings is 1. The van der Waals surface area contributed by atoms with Crippen LogP contribution in [0.3, 0.4) is 0 Å². The molecule has 0 bridgehead atoms. The first-order valence-corrected chi connectivity index (χ1v) is 7.17. The fourth-order valence-corrected chi connectivity index (χ4v) is 2.27. The molecule has 112 valence electrons. The van der Waals surface area contributed by atoms with Gasteiger partial charge in [0.05, 0.1) is 18.9 Å². The number of ether oxygens (including phenoxy) is 1. The van der Waals surface area contributed by atoms with Gasteiger partial charge in [0.15, 0.2) is 5.82 Å². The molecular weight excluding hydrogens is 278 g/mol. The highest BCUT2D eigenvalue weighted by Crippen LogP contribution is 2.25. The van der Waals surface area contributed by atoms with Gasteiger partial charge < -0.3 is 15.5 Å². The molecule has 3 rings (SSSR count). The molecule has 0 atom stereocenters. The van der Waals surface area contributed by atoms with Crippen LogP contribution in [0.1, 0.15) is 5.56 Å². The number of rotatable bonds is 4. The molecule has 2 heterocycles. The lowest BCUT2D eigenvalue weighted by atomic mass is 10.2. The number of hydrazine groups is 1. The van der Waals surface area contributed by atoms with E-state index < -0.39 is 0 Å². The fourth-order valence-electron chi connectivity index (χ4n) is 2.27. The maximum absolute atomic E-state index is 9.49. The zero-order chi connectivity index (χ0) is 15.2. The van der Waals surface area contributed by atoms with Gasteiger partial charge in [0, 0.05) is 25.0 Å². The summed E-state index contributed by atoms with van der Waals surface area (Å²) in [5.74, 6) is 0.560. The standard InChI is InChI=1S/C16H17N5O/c17-12-14-15(19-13-4-2-1-3-5-13)6-7-18-16(14)20-21-8-10-22-11-9-21/h1-7H,8-11H2,(H2,18,19,20). The Bertz CT molecular complexity index is 662. The number of nitrogens with zero attached hydrogens (tertiary/aromatic N) is 3. The Morgan fingerprint density at radius 2 is 1.91 bits per heavy atom. The predicted molar refractivity (Wildman–Crippen MR) is 84.7 cm³/mol. The summed E-state index contributed by atoms with van der Waals surface area (Å²) in [6.07, 6.45) is 1.69. The monoisotopic (exact) mass is 295 g/mol. The summed E-state index contributed by atoms with van der Waals surface area (Å²) in [5.41, 5.74) is 5.37. The van der Waals surface area contributed by atoms with Crippen molar-refractivity contribution in [3.8, 4) is 6.07 Å². The average molecular weight is 295 g/mol. The summed E-state index contributed by atoms with van der Waals surface area (Å²) in [5, 5.41) is 14.8. The van der Waals surface area contributed by atoms with E-state index in [0.29, 0.717) is 24.6 Å². The Morgan fingerprint density at radius 1 is 1.14 bits per heavy atom. The van der Waals surface area contributed by atoms with E-state index in [0.717, 1.165) is 24.5 Å². The number of hydrogen-bond acceptors (Lipinski definition) is 6. The first-order valence-electron chi connectivity index (χ1n) is 7.17. The highest BCUT2D eigenvalue weighted by atomic mass is 16.5. The summed E-state index contributed by atoms with van der Waals surface area (Å²) in [4.78, 5) is 4.29. The molecule has 1 aliphatic rings. The molecule has 1 fully saturated rings. The quantitative estimate of drug-likeness (QED) is 0.902. The van der Waals surface area contributed by atoms with Crippen LogP contribution >= 0.6 is 0 Å². The Hall–Kier alpha value is -2.62. The number of pyridine rings is 1. The Labute approximate surface area is 129 Å².